The van der Waals surface area contributed by atoms with Gasteiger partial charge in [0.2, 0.25) is 0 Å². The molecule has 0 radical (unpaired) electrons. The SMILES string of the molecule is C=CCCCCc1cc(F)cc(C)c1-c1cc([C@H](CC(=O)OCC)NC(=O)OC(C)(C)C)c(F)cc1C. The average molecular weight is 516 g/mol. The fourth-order valence-corrected chi connectivity index (χ4v) is 4.30. The van der Waals surface area contributed by atoms with E-state index in [9.17, 15) is 14.0 Å². The zero-order chi connectivity index (χ0) is 27.8. The molecule has 0 aromatic heterocycles. The van der Waals surface area contributed by atoms with Crippen LogP contribution in [-0.4, -0.2) is 24.3 Å². The van der Waals surface area contributed by atoms with Crippen LogP contribution < -0.4 is 5.32 Å². The second-order valence-electron chi connectivity index (χ2n) is 10.2. The van der Waals surface area contributed by atoms with E-state index in [0.29, 0.717) is 17.5 Å². The van der Waals surface area contributed by atoms with Crippen molar-refractivity contribution in [2.45, 2.75) is 85.3 Å². The summed E-state index contributed by atoms with van der Waals surface area (Å²) in [6.07, 6.45) is 4.10. The average Bonchev–Trinajstić information content (AvgIpc) is 2.76. The van der Waals surface area contributed by atoms with Gasteiger partial charge in [0, 0.05) is 5.56 Å². The fraction of sp³-hybridized carbons (Fsp3) is 0.467. The highest BCUT2D eigenvalue weighted by Crippen LogP contribution is 2.36. The molecule has 0 heterocycles. The number of alkyl carbamates (subject to hydrolysis) is 1. The summed E-state index contributed by atoms with van der Waals surface area (Å²) in [5.41, 5.74) is 3.10. The zero-order valence-corrected chi connectivity index (χ0v) is 22.8. The van der Waals surface area contributed by atoms with Gasteiger partial charge in [-0.25, -0.2) is 13.6 Å². The molecule has 0 aliphatic heterocycles. The number of aryl methyl sites for hydroxylation is 3. The summed E-state index contributed by atoms with van der Waals surface area (Å²) in [7, 11) is 0. The van der Waals surface area contributed by atoms with Crippen molar-refractivity contribution in [2.24, 2.45) is 0 Å². The molecule has 0 saturated heterocycles. The smallest absolute Gasteiger partial charge is 0.408 e. The molecule has 202 valence electrons. The number of rotatable bonds is 11. The van der Waals surface area contributed by atoms with Crippen molar-refractivity contribution in [3.63, 3.8) is 0 Å². The number of unbranched alkanes of at least 4 members (excludes halogenated alkanes) is 2. The molecular weight excluding hydrogens is 476 g/mol. The highest BCUT2D eigenvalue weighted by molar-refractivity contribution is 5.77. The van der Waals surface area contributed by atoms with Gasteiger partial charge >= 0.3 is 12.1 Å². The lowest BCUT2D eigenvalue weighted by Gasteiger charge is -2.25. The number of hydrogen-bond acceptors (Lipinski definition) is 4. The molecule has 0 saturated carbocycles. The van der Waals surface area contributed by atoms with E-state index >= 15 is 4.39 Å². The van der Waals surface area contributed by atoms with E-state index in [2.05, 4.69) is 11.9 Å². The van der Waals surface area contributed by atoms with Gasteiger partial charge in [-0.15, -0.1) is 6.58 Å². The molecule has 7 heteroatoms. The molecule has 1 amide bonds. The minimum absolute atomic E-state index is 0.126. The molecule has 0 fully saturated rings. The van der Waals surface area contributed by atoms with Crippen LogP contribution in [0.1, 0.15) is 81.7 Å². The molecule has 0 spiro atoms. The van der Waals surface area contributed by atoms with Gasteiger partial charge in [-0.1, -0.05) is 6.08 Å². The second-order valence-corrected chi connectivity index (χ2v) is 10.2. The van der Waals surface area contributed by atoms with E-state index in [1.165, 1.54) is 18.2 Å². The van der Waals surface area contributed by atoms with Gasteiger partial charge in [0.1, 0.15) is 17.2 Å². The quantitative estimate of drug-likeness (QED) is 0.189. The van der Waals surface area contributed by atoms with Crippen LogP contribution in [0.15, 0.2) is 36.9 Å². The molecule has 0 unspecified atom stereocenters. The number of allylic oxidation sites excluding steroid dienone is 1. The Balaban J connectivity index is 2.58. The number of carbonyl (C=O) groups is 2. The summed E-state index contributed by atoms with van der Waals surface area (Å²) >= 11 is 0. The van der Waals surface area contributed by atoms with E-state index in [1.807, 2.05) is 13.0 Å². The van der Waals surface area contributed by atoms with Crippen LogP contribution in [0.4, 0.5) is 13.6 Å². The van der Waals surface area contributed by atoms with Gasteiger partial charge in [-0.2, -0.15) is 0 Å². The molecule has 0 aliphatic rings. The van der Waals surface area contributed by atoms with Crippen LogP contribution in [-0.2, 0) is 20.7 Å². The first kappa shape index (κ1) is 30.0. The van der Waals surface area contributed by atoms with Crippen molar-refractivity contribution >= 4 is 12.1 Å². The van der Waals surface area contributed by atoms with Crippen LogP contribution in [0.25, 0.3) is 11.1 Å². The summed E-state index contributed by atoms with van der Waals surface area (Å²) < 4.78 is 40.2. The molecular formula is C30H39F2NO4. The maximum Gasteiger partial charge on any atom is 0.408 e. The van der Waals surface area contributed by atoms with E-state index in [4.69, 9.17) is 9.47 Å². The Morgan fingerprint density at radius 2 is 1.78 bits per heavy atom. The lowest BCUT2D eigenvalue weighted by Crippen LogP contribution is -2.36. The highest BCUT2D eigenvalue weighted by atomic mass is 19.1. The molecule has 5 nitrogen and oxygen atoms in total. The highest BCUT2D eigenvalue weighted by Gasteiger charge is 2.27. The molecule has 1 atom stereocenters. The predicted octanol–water partition coefficient (Wildman–Crippen LogP) is 7.67. The Hall–Kier alpha value is -3.22. The Labute approximate surface area is 219 Å². The van der Waals surface area contributed by atoms with Crippen LogP contribution >= 0.6 is 0 Å². The largest absolute Gasteiger partial charge is 0.466 e. The van der Waals surface area contributed by atoms with Crippen LogP contribution in [0.5, 0.6) is 0 Å². The van der Waals surface area contributed by atoms with E-state index in [1.54, 1.807) is 40.7 Å². The number of hydrogen-bond donors (Lipinski definition) is 1. The third-order valence-electron chi connectivity index (χ3n) is 5.84. The first-order chi connectivity index (χ1) is 17.4. The van der Waals surface area contributed by atoms with Crippen molar-refractivity contribution in [3.05, 3.63) is 70.8 Å². The molecule has 2 rings (SSSR count). The minimum atomic E-state index is -1.02. The number of halogens is 2. The second kappa shape index (κ2) is 13.4. The summed E-state index contributed by atoms with van der Waals surface area (Å²) in [4.78, 5) is 24.9. The molecule has 2 aromatic rings. The molecule has 37 heavy (non-hydrogen) atoms. The molecule has 0 bridgehead atoms. The summed E-state index contributed by atoms with van der Waals surface area (Å²) in [6.45, 7) is 14.3. The third-order valence-corrected chi connectivity index (χ3v) is 5.84. The first-order valence-corrected chi connectivity index (χ1v) is 12.7. The fourth-order valence-electron chi connectivity index (χ4n) is 4.30. The van der Waals surface area contributed by atoms with Crippen molar-refractivity contribution < 1.29 is 27.8 Å². The van der Waals surface area contributed by atoms with Crippen molar-refractivity contribution in [2.75, 3.05) is 6.61 Å². The van der Waals surface area contributed by atoms with Crippen molar-refractivity contribution in [3.8, 4) is 11.1 Å². The summed E-state index contributed by atoms with van der Waals surface area (Å²) in [6, 6.07) is 4.97. The Kier molecular flexibility index (Phi) is 10.8. The Bertz CT molecular complexity index is 1120. The monoisotopic (exact) mass is 515 g/mol. The van der Waals surface area contributed by atoms with Gasteiger partial charge in [-0.3, -0.25) is 4.79 Å². The van der Waals surface area contributed by atoms with E-state index in [0.717, 1.165) is 36.0 Å². The van der Waals surface area contributed by atoms with Gasteiger partial charge in [0.15, 0.2) is 0 Å². The molecule has 0 aliphatic carbocycles. The topological polar surface area (TPSA) is 64.6 Å². The van der Waals surface area contributed by atoms with Crippen molar-refractivity contribution in [1.29, 1.82) is 0 Å². The number of carbonyl (C=O) groups excluding carboxylic acids is 2. The Morgan fingerprint density at radius 1 is 1.08 bits per heavy atom. The normalized spacial score (nSPS) is 12.1. The number of nitrogens with one attached hydrogen (secondary N) is 1. The van der Waals surface area contributed by atoms with Crippen molar-refractivity contribution in [1.82, 2.24) is 5.32 Å². The maximum absolute atomic E-state index is 15.4. The summed E-state index contributed by atoms with van der Waals surface area (Å²) in [5.74, 6) is -1.48. The standard InChI is InChI=1S/C30H39F2NO4/c1-8-10-11-12-13-21-16-22(31)14-20(4)28(21)23-17-24(25(32)15-19(23)3)26(18-27(34)36-9-2)33-29(35)37-30(5,6)7/h8,14-17,26H,1,9-13,18H2,2-7H3,(H,33,35)/t26-/m0/s1. The van der Waals surface area contributed by atoms with Crippen LogP contribution in [0, 0.1) is 25.5 Å². The summed E-state index contributed by atoms with van der Waals surface area (Å²) in [5, 5.41) is 2.63. The van der Waals surface area contributed by atoms with Gasteiger partial charge < -0.3 is 14.8 Å². The van der Waals surface area contributed by atoms with Gasteiger partial charge in [0.25, 0.3) is 0 Å². The minimum Gasteiger partial charge on any atom is -0.466 e. The van der Waals surface area contributed by atoms with Gasteiger partial charge in [0.05, 0.1) is 19.1 Å². The number of benzene rings is 2. The van der Waals surface area contributed by atoms with Crippen LogP contribution in [0.2, 0.25) is 0 Å². The van der Waals surface area contributed by atoms with Crippen LogP contribution in [0.3, 0.4) is 0 Å². The lowest BCUT2D eigenvalue weighted by atomic mass is 9.87. The van der Waals surface area contributed by atoms with E-state index < -0.39 is 29.5 Å². The Morgan fingerprint density at radius 3 is 2.41 bits per heavy atom. The maximum atomic E-state index is 15.4. The molecule has 1 N–H and O–H groups in total. The third kappa shape index (κ3) is 8.99. The zero-order valence-electron chi connectivity index (χ0n) is 22.8. The number of esters is 1. The number of ether oxygens (including phenoxy) is 2. The van der Waals surface area contributed by atoms with E-state index in [-0.39, 0.29) is 24.4 Å². The lowest BCUT2D eigenvalue weighted by molar-refractivity contribution is -0.143. The number of amides is 1. The predicted molar refractivity (Wildman–Crippen MR) is 142 cm³/mol. The first-order valence-electron chi connectivity index (χ1n) is 12.7. The molecule has 2 aromatic carbocycles. The van der Waals surface area contributed by atoms with Gasteiger partial charge in [-0.05, 0) is 119 Å².